The lowest BCUT2D eigenvalue weighted by Gasteiger charge is -2.18. The van der Waals surface area contributed by atoms with Gasteiger partial charge >= 0.3 is 13.8 Å². The van der Waals surface area contributed by atoms with Crippen molar-refractivity contribution in [3.05, 3.63) is 12.7 Å². The maximum Gasteiger partial charge on any atom is 0.470 e. The standard InChI is InChI=1S/C18H35O7P/c1-3-5-6-7-8-9-10-11-12-13-14-23-15-17(25-26(20,21)22)16-24-18(19)4-2/h4,17H,2-3,5-16H2,1H3,(H2,20,21,22). The van der Waals surface area contributed by atoms with Crippen molar-refractivity contribution < 1.29 is 33.1 Å². The molecule has 0 saturated heterocycles. The Hall–Kier alpha value is -0.720. The Morgan fingerprint density at radius 2 is 1.54 bits per heavy atom. The van der Waals surface area contributed by atoms with Crippen LogP contribution >= 0.6 is 7.82 Å². The van der Waals surface area contributed by atoms with Crippen molar-refractivity contribution in [3.8, 4) is 0 Å². The Labute approximate surface area is 157 Å². The summed E-state index contributed by atoms with van der Waals surface area (Å²) in [7, 11) is -4.67. The van der Waals surface area contributed by atoms with Gasteiger partial charge in [0.1, 0.15) is 12.7 Å². The first-order chi connectivity index (χ1) is 12.4. The molecule has 0 spiro atoms. The van der Waals surface area contributed by atoms with Crippen molar-refractivity contribution >= 4 is 13.8 Å². The van der Waals surface area contributed by atoms with E-state index >= 15 is 0 Å². The molecule has 0 fully saturated rings. The topological polar surface area (TPSA) is 102 Å². The van der Waals surface area contributed by atoms with Crippen LogP contribution in [0.5, 0.6) is 0 Å². The number of hydrogen-bond donors (Lipinski definition) is 2. The van der Waals surface area contributed by atoms with Crippen molar-refractivity contribution in [1.82, 2.24) is 0 Å². The molecule has 0 aromatic heterocycles. The number of phosphoric acid groups is 1. The molecule has 2 N–H and O–H groups in total. The largest absolute Gasteiger partial charge is 0.470 e. The van der Waals surface area contributed by atoms with E-state index in [0.717, 1.165) is 25.3 Å². The highest BCUT2D eigenvalue weighted by Gasteiger charge is 2.23. The van der Waals surface area contributed by atoms with Gasteiger partial charge in [0.2, 0.25) is 0 Å². The molecule has 0 saturated carbocycles. The fraction of sp³-hybridized carbons (Fsp3) is 0.833. The summed E-state index contributed by atoms with van der Waals surface area (Å²) in [4.78, 5) is 28.8. The molecular weight excluding hydrogens is 359 g/mol. The lowest BCUT2D eigenvalue weighted by atomic mass is 10.1. The van der Waals surface area contributed by atoms with Gasteiger partial charge < -0.3 is 19.3 Å². The molecule has 0 aliphatic carbocycles. The maximum absolute atomic E-state index is 11.0. The SMILES string of the molecule is C=CC(=O)OCC(COCCCCCCCCCCCC)OP(=O)(O)O. The van der Waals surface area contributed by atoms with Crippen LogP contribution in [0, 0.1) is 0 Å². The van der Waals surface area contributed by atoms with E-state index in [2.05, 4.69) is 18.0 Å². The van der Waals surface area contributed by atoms with Crippen LogP contribution in [0.3, 0.4) is 0 Å². The van der Waals surface area contributed by atoms with Crippen LogP contribution in [-0.4, -0.2) is 41.7 Å². The highest BCUT2D eigenvalue weighted by molar-refractivity contribution is 7.46. The molecule has 0 aromatic carbocycles. The van der Waals surface area contributed by atoms with Crippen LogP contribution in [-0.2, 0) is 23.4 Å². The first kappa shape index (κ1) is 25.3. The van der Waals surface area contributed by atoms with Gasteiger partial charge in [0, 0.05) is 12.7 Å². The van der Waals surface area contributed by atoms with Gasteiger partial charge in [0.15, 0.2) is 0 Å². The summed E-state index contributed by atoms with van der Waals surface area (Å²) in [5.41, 5.74) is 0. The van der Waals surface area contributed by atoms with E-state index in [1.807, 2.05) is 0 Å². The molecule has 0 aliphatic rings. The van der Waals surface area contributed by atoms with Crippen LogP contribution in [0.15, 0.2) is 12.7 Å². The van der Waals surface area contributed by atoms with E-state index < -0.39 is 19.9 Å². The summed E-state index contributed by atoms with van der Waals surface area (Å²) in [5, 5.41) is 0. The first-order valence-electron chi connectivity index (χ1n) is 9.50. The lowest BCUT2D eigenvalue weighted by Crippen LogP contribution is -2.26. The number of esters is 1. The number of hydrogen-bond acceptors (Lipinski definition) is 5. The maximum atomic E-state index is 11.0. The fourth-order valence-electron chi connectivity index (χ4n) is 2.44. The molecule has 0 aromatic rings. The fourth-order valence-corrected chi connectivity index (χ4v) is 2.95. The molecule has 0 bridgehead atoms. The smallest absolute Gasteiger partial charge is 0.460 e. The lowest BCUT2D eigenvalue weighted by molar-refractivity contribution is -0.141. The molecular formula is C18H35O7P. The van der Waals surface area contributed by atoms with Crippen molar-refractivity contribution in [1.29, 1.82) is 0 Å². The Balaban J connectivity index is 3.69. The van der Waals surface area contributed by atoms with E-state index in [9.17, 15) is 9.36 Å². The Kier molecular flexibility index (Phi) is 16.0. The minimum absolute atomic E-state index is 0.0486. The summed E-state index contributed by atoms with van der Waals surface area (Å²) in [6.45, 7) is 5.60. The van der Waals surface area contributed by atoms with Crippen LogP contribution in [0.25, 0.3) is 0 Å². The minimum atomic E-state index is -4.67. The Bertz CT molecular complexity index is 408. The molecule has 0 rings (SSSR count). The zero-order valence-corrected chi connectivity index (χ0v) is 16.8. The van der Waals surface area contributed by atoms with Gasteiger partial charge in [0.05, 0.1) is 6.61 Å². The summed E-state index contributed by atoms with van der Waals surface area (Å²) in [6.07, 6.45) is 12.1. The summed E-state index contributed by atoms with van der Waals surface area (Å²) in [5.74, 6) is -0.681. The number of ether oxygens (including phenoxy) is 2. The van der Waals surface area contributed by atoms with Gasteiger partial charge in [0.25, 0.3) is 0 Å². The van der Waals surface area contributed by atoms with Crippen molar-refractivity contribution in [2.75, 3.05) is 19.8 Å². The monoisotopic (exact) mass is 394 g/mol. The van der Waals surface area contributed by atoms with Gasteiger partial charge in [-0.2, -0.15) is 0 Å². The van der Waals surface area contributed by atoms with Crippen molar-refractivity contribution in [2.24, 2.45) is 0 Å². The Morgan fingerprint density at radius 3 is 2.04 bits per heavy atom. The van der Waals surface area contributed by atoms with Gasteiger partial charge in [-0.05, 0) is 6.42 Å². The third-order valence-corrected chi connectivity index (χ3v) is 4.38. The molecule has 7 nitrogen and oxygen atoms in total. The number of carbonyl (C=O) groups is 1. The molecule has 1 atom stereocenters. The summed E-state index contributed by atoms with van der Waals surface area (Å²) >= 11 is 0. The molecule has 26 heavy (non-hydrogen) atoms. The second-order valence-corrected chi connectivity index (χ2v) is 7.50. The number of phosphoric ester groups is 1. The number of rotatable bonds is 18. The molecule has 8 heteroatoms. The zero-order chi connectivity index (χ0) is 19.7. The van der Waals surface area contributed by atoms with E-state index in [1.165, 1.54) is 44.9 Å². The first-order valence-corrected chi connectivity index (χ1v) is 11.0. The quantitative estimate of drug-likeness (QED) is 0.156. The van der Waals surface area contributed by atoms with E-state index in [-0.39, 0.29) is 13.2 Å². The summed E-state index contributed by atoms with van der Waals surface area (Å²) in [6, 6.07) is 0. The Morgan fingerprint density at radius 1 is 1.00 bits per heavy atom. The van der Waals surface area contributed by atoms with E-state index in [4.69, 9.17) is 19.3 Å². The minimum Gasteiger partial charge on any atom is -0.460 e. The average molecular weight is 394 g/mol. The third-order valence-electron chi connectivity index (χ3n) is 3.81. The molecule has 0 radical (unpaired) electrons. The second kappa shape index (κ2) is 16.5. The van der Waals surface area contributed by atoms with E-state index in [1.54, 1.807) is 0 Å². The number of carbonyl (C=O) groups excluding carboxylic acids is 1. The highest BCUT2D eigenvalue weighted by Crippen LogP contribution is 2.37. The molecule has 0 amide bonds. The molecule has 1 unspecified atom stereocenters. The third kappa shape index (κ3) is 18.1. The average Bonchev–Trinajstić information content (AvgIpc) is 2.58. The van der Waals surface area contributed by atoms with Gasteiger partial charge in [-0.15, -0.1) is 0 Å². The van der Waals surface area contributed by atoms with Crippen molar-refractivity contribution in [2.45, 2.75) is 77.2 Å². The highest BCUT2D eigenvalue weighted by atomic mass is 31.2. The molecule has 154 valence electrons. The van der Waals surface area contributed by atoms with Crippen LogP contribution in [0.4, 0.5) is 0 Å². The normalized spacial score (nSPS) is 12.7. The zero-order valence-electron chi connectivity index (χ0n) is 15.9. The predicted molar refractivity (Wildman–Crippen MR) is 101 cm³/mol. The molecule has 0 heterocycles. The van der Waals surface area contributed by atoms with Crippen LogP contribution < -0.4 is 0 Å². The van der Waals surface area contributed by atoms with Gasteiger partial charge in [-0.1, -0.05) is 71.3 Å². The summed E-state index contributed by atoms with van der Waals surface area (Å²) < 4.78 is 25.6. The van der Waals surface area contributed by atoms with Crippen LogP contribution in [0.2, 0.25) is 0 Å². The van der Waals surface area contributed by atoms with Crippen LogP contribution in [0.1, 0.15) is 71.1 Å². The predicted octanol–water partition coefficient (Wildman–Crippen LogP) is 4.13. The van der Waals surface area contributed by atoms with E-state index in [0.29, 0.717) is 6.61 Å². The second-order valence-electron chi connectivity index (χ2n) is 6.31. The van der Waals surface area contributed by atoms with Crippen molar-refractivity contribution in [3.63, 3.8) is 0 Å². The van der Waals surface area contributed by atoms with Gasteiger partial charge in [-0.25, -0.2) is 9.36 Å². The van der Waals surface area contributed by atoms with Gasteiger partial charge in [-0.3, -0.25) is 4.52 Å². The molecule has 0 aliphatic heterocycles. The number of unbranched alkanes of at least 4 members (excludes halogenated alkanes) is 9.